The van der Waals surface area contributed by atoms with Crippen LogP contribution in [0, 0.1) is 6.92 Å². The minimum absolute atomic E-state index is 0.200. The first-order valence-electron chi connectivity index (χ1n) is 8.79. The van der Waals surface area contributed by atoms with Gasteiger partial charge in [-0.2, -0.15) is 0 Å². The maximum atomic E-state index is 12.6. The van der Waals surface area contributed by atoms with Crippen molar-refractivity contribution in [2.75, 3.05) is 19.5 Å². The van der Waals surface area contributed by atoms with Crippen molar-refractivity contribution in [2.24, 2.45) is 0 Å². The first-order chi connectivity index (χ1) is 13.5. The van der Waals surface area contributed by atoms with Crippen LogP contribution in [0.15, 0.2) is 65.6 Å². The SMILES string of the molecule is COc1cc(Cn2cc(C(=O)Nc3cccc(C)c3)ccc2=O)cc(OC)c1. The van der Waals surface area contributed by atoms with E-state index in [1.54, 1.807) is 26.5 Å². The second-order valence-electron chi connectivity index (χ2n) is 6.43. The van der Waals surface area contributed by atoms with Gasteiger partial charge in [-0.1, -0.05) is 12.1 Å². The Morgan fingerprint density at radius 2 is 1.71 bits per heavy atom. The van der Waals surface area contributed by atoms with E-state index in [-0.39, 0.29) is 18.0 Å². The Balaban J connectivity index is 1.85. The number of carbonyl (C=O) groups excluding carboxylic acids is 1. The summed E-state index contributed by atoms with van der Waals surface area (Å²) in [5, 5.41) is 2.85. The van der Waals surface area contributed by atoms with Gasteiger partial charge in [0, 0.05) is 24.0 Å². The van der Waals surface area contributed by atoms with Crippen LogP contribution in [-0.4, -0.2) is 24.7 Å². The van der Waals surface area contributed by atoms with Gasteiger partial charge in [-0.3, -0.25) is 9.59 Å². The number of hydrogen-bond acceptors (Lipinski definition) is 4. The molecule has 0 aliphatic rings. The van der Waals surface area contributed by atoms with Crippen molar-refractivity contribution in [2.45, 2.75) is 13.5 Å². The Morgan fingerprint density at radius 1 is 1.00 bits per heavy atom. The lowest BCUT2D eigenvalue weighted by Crippen LogP contribution is -2.22. The molecule has 0 atom stereocenters. The van der Waals surface area contributed by atoms with Gasteiger partial charge in [-0.25, -0.2) is 0 Å². The van der Waals surface area contributed by atoms with Crippen LogP contribution in [0.4, 0.5) is 5.69 Å². The van der Waals surface area contributed by atoms with Crippen molar-refractivity contribution in [1.29, 1.82) is 0 Å². The molecule has 3 rings (SSSR count). The van der Waals surface area contributed by atoms with Crippen LogP contribution in [0.1, 0.15) is 21.5 Å². The molecule has 6 nitrogen and oxygen atoms in total. The third kappa shape index (κ3) is 4.59. The Bertz CT molecular complexity index is 1030. The van der Waals surface area contributed by atoms with Gasteiger partial charge in [-0.05, 0) is 48.4 Å². The quantitative estimate of drug-likeness (QED) is 0.713. The molecule has 0 aliphatic carbocycles. The number of anilines is 1. The fourth-order valence-electron chi connectivity index (χ4n) is 2.87. The number of pyridine rings is 1. The molecule has 1 N–H and O–H groups in total. The number of aryl methyl sites for hydroxylation is 1. The topological polar surface area (TPSA) is 69.6 Å². The molecule has 1 heterocycles. The number of rotatable bonds is 6. The number of hydrogen-bond donors (Lipinski definition) is 1. The first kappa shape index (κ1) is 19.2. The van der Waals surface area contributed by atoms with E-state index in [0.717, 1.165) is 11.1 Å². The van der Waals surface area contributed by atoms with Crippen LogP contribution in [0.25, 0.3) is 0 Å². The minimum atomic E-state index is -0.275. The molecule has 28 heavy (non-hydrogen) atoms. The Hall–Kier alpha value is -3.54. The Morgan fingerprint density at radius 3 is 2.36 bits per heavy atom. The van der Waals surface area contributed by atoms with Crippen molar-refractivity contribution >= 4 is 11.6 Å². The highest BCUT2D eigenvalue weighted by Crippen LogP contribution is 2.23. The van der Waals surface area contributed by atoms with Gasteiger partial charge in [0.25, 0.3) is 11.5 Å². The van der Waals surface area contributed by atoms with Gasteiger partial charge in [0.15, 0.2) is 0 Å². The molecule has 2 aromatic carbocycles. The maximum Gasteiger partial charge on any atom is 0.257 e. The van der Waals surface area contributed by atoms with E-state index in [4.69, 9.17) is 9.47 Å². The van der Waals surface area contributed by atoms with Crippen LogP contribution in [0.5, 0.6) is 11.5 Å². The van der Waals surface area contributed by atoms with Gasteiger partial charge in [0.2, 0.25) is 0 Å². The number of ether oxygens (including phenoxy) is 2. The van der Waals surface area contributed by atoms with Gasteiger partial charge in [-0.15, -0.1) is 0 Å². The van der Waals surface area contributed by atoms with Gasteiger partial charge in [0.1, 0.15) is 11.5 Å². The first-order valence-corrected chi connectivity index (χ1v) is 8.79. The molecule has 0 fully saturated rings. The standard InChI is InChI=1S/C22H22N2O4/c1-15-5-4-6-18(9-15)23-22(26)17-7-8-21(25)24(14-17)13-16-10-19(27-2)12-20(11-16)28-3/h4-12,14H,13H2,1-3H3,(H,23,26). The molecule has 3 aromatic rings. The van der Waals surface area contributed by atoms with Crippen LogP contribution < -0.4 is 20.3 Å². The lowest BCUT2D eigenvalue weighted by Gasteiger charge is -2.12. The van der Waals surface area contributed by atoms with E-state index < -0.39 is 0 Å². The number of aromatic nitrogens is 1. The van der Waals surface area contributed by atoms with E-state index in [1.165, 1.54) is 16.7 Å². The molecule has 0 bridgehead atoms. The molecular weight excluding hydrogens is 356 g/mol. The van der Waals surface area contributed by atoms with Crippen LogP contribution in [0.2, 0.25) is 0 Å². The monoisotopic (exact) mass is 378 g/mol. The number of methoxy groups -OCH3 is 2. The molecule has 0 spiro atoms. The molecule has 0 radical (unpaired) electrons. The number of benzene rings is 2. The summed E-state index contributed by atoms with van der Waals surface area (Å²) >= 11 is 0. The fraction of sp³-hybridized carbons (Fsp3) is 0.182. The largest absolute Gasteiger partial charge is 0.497 e. The summed E-state index contributed by atoms with van der Waals surface area (Å²) in [7, 11) is 3.14. The van der Waals surface area contributed by atoms with E-state index in [1.807, 2.05) is 43.3 Å². The number of nitrogens with one attached hydrogen (secondary N) is 1. The lowest BCUT2D eigenvalue weighted by atomic mass is 10.2. The highest BCUT2D eigenvalue weighted by Gasteiger charge is 2.10. The molecule has 144 valence electrons. The minimum Gasteiger partial charge on any atom is -0.497 e. The lowest BCUT2D eigenvalue weighted by molar-refractivity contribution is 0.102. The average molecular weight is 378 g/mol. The smallest absolute Gasteiger partial charge is 0.257 e. The van der Waals surface area contributed by atoms with Crippen LogP contribution >= 0.6 is 0 Å². The van der Waals surface area contributed by atoms with E-state index >= 15 is 0 Å². The number of carbonyl (C=O) groups is 1. The summed E-state index contributed by atoms with van der Waals surface area (Å²) in [4.78, 5) is 24.9. The summed E-state index contributed by atoms with van der Waals surface area (Å²) in [5.74, 6) is 0.995. The molecular formula is C22H22N2O4. The molecule has 1 amide bonds. The zero-order valence-electron chi connectivity index (χ0n) is 16.1. The molecule has 0 saturated heterocycles. The number of amides is 1. The second kappa shape index (κ2) is 8.43. The van der Waals surface area contributed by atoms with Crippen molar-refractivity contribution in [3.05, 3.63) is 87.8 Å². The fourth-order valence-corrected chi connectivity index (χ4v) is 2.87. The third-order valence-corrected chi connectivity index (χ3v) is 4.29. The predicted octanol–water partition coefficient (Wildman–Crippen LogP) is 3.47. The predicted molar refractivity (Wildman–Crippen MR) is 108 cm³/mol. The molecule has 0 unspecified atom stereocenters. The van der Waals surface area contributed by atoms with Gasteiger partial charge >= 0.3 is 0 Å². The highest BCUT2D eigenvalue weighted by atomic mass is 16.5. The summed E-state index contributed by atoms with van der Waals surface area (Å²) < 4.78 is 12.0. The molecule has 6 heteroatoms. The summed E-state index contributed by atoms with van der Waals surface area (Å²) in [6.45, 7) is 2.25. The van der Waals surface area contributed by atoms with E-state index in [2.05, 4.69) is 5.32 Å². The molecule has 0 saturated carbocycles. The zero-order valence-corrected chi connectivity index (χ0v) is 16.1. The number of nitrogens with zero attached hydrogens (tertiary/aromatic N) is 1. The summed E-state index contributed by atoms with van der Waals surface area (Å²) in [6, 6.07) is 15.9. The highest BCUT2D eigenvalue weighted by molar-refractivity contribution is 6.04. The average Bonchev–Trinajstić information content (AvgIpc) is 2.69. The van der Waals surface area contributed by atoms with Crippen LogP contribution in [0.3, 0.4) is 0 Å². The van der Waals surface area contributed by atoms with Gasteiger partial charge < -0.3 is 19.4 Å². The Labute approximate surface area is 163 Å². The summed E-state index contributed by atoms with van der Waals surface area (Å²) in [5.41, 5.74) is 2.79. The molecule has 1 aromatic heterocycles. The molecule has 0 aliphatic heterocycles. The third-order valence-electron chi connectivity index (χ3n) is 4.29. The van der Waals surface area contributed by atoms with Crippen molar-refractivity contribution in [3.8, 4) is 11.5 Å². The maximum absolute atomic E-state index is 12.6. The van der Waals surface area contributed by atoms with Crippen molar-refractivity contribution in [3.63, 3.8) is 0 Å². The van der Waals surface area contributed by atoms with E-state index in [9.17, 15) is 9.59 Å². The van der Waals surface area contributed by atoms with Crippen LogP contribution in [-0.2, 0) is 6.54 Å². The van der Waals surface area contributed by atoms with Crippen molar-refractivity contribution in [1.82, 2.24) is 4.57 Å². The summed E-state index contributed by atoms with van der Waals surface area (Å²) in [6.07, 6.45) is 1.55. The second-order valence-corrected chi connectivity index (χ2v) is 6.43. The normalized spacial score (nSPS) is 10.4. The van der Waals surface area contributed by atoms with Gasteiger partial charge in [0.05, 0.1) is 26.3 Å². The zero-order chi connectivity index (χ0) is 20.1. The van der Waals surface area contributed by atoms with E-state index in [0.29, 0.717) is 22.7 Å². The Kier molecular flexibility index (Phi) is 5.79. The van der Waals surface area contributed by atoms with Crippen molar-refractivity contribution < 1.29 is 14.3 Å².